The van der Waals surface area contributed by atoms with Crippen LogP contribution in [0.4, 0.5) is 16.2 Å². The summed E-state index contributed by atoms with van der Waals surface area (Å²) < 4.78 is 0. The summed E-state index contributed by atoms with van der Waals surface area (Å²) in [6.07, 6.45) is 0. The molecule has 3 rings (SSSR count). The number of amides is 2. The van der Waals surface area contributed by atoms with Gasteiger partial charge in [0.25, 0.3) is 0 Å². The third-order valence-corrected chi connectivity index (χ3v) is 4.32. The van der Waals surface area contributed by atoms with Crippen LogP contribution in [0, 0.1) is 13.8 Å². The minimum absolute atomic E-state index is 0.00795. The predicted octanol–water partition coefficient (Wildman–Crippen LogP) is 3.66. The summed E-state index contributed by atoms with van der Waals surface area (Å²) in [5.41, 5.74) is 4.37. The van der Waals surface area contributed by atoms with E-state index in [1.807, 2.05) is 36.9 Å². The van der Waals surface area contributed by atoms with Crippen LogP contribution in [-0.4, -0.2) is 37.1 Å². The number of rotatable bonds is 2. The standard InChI is InChI=1S/C19H23N3O/c1-15-8-9-16(2)18(14-15)20-19(23)22-12-10-21(11-13-22)17-6-4-3-5-7-17/h3-9,14H,10-13H2,1-2H3,(H,20,23). The van der Waals surface area contributed by atoms with E-state index in [4.69, 9.17) is 0 Å². The van der Waals surface area contributed by atoms with E-state index in [2.05, 4.69) is 40.5 Å². The van der Waals surface area contributed by atoms with Gasteiger partial charge in [-0.25, -0.2) is 4.79 Å². The molecular weight excluding hydrogens is 286 g/mol. The lowest BCUT2D eigenvalue weighted by atomic mass is 10.1. The Hall–Kier alpha value is -2.49. The fourth-order valence-electron chi connectivity index (χ4n) is 2.87. The molecule has 0 saturated carbocycles. The number of carbonyl (C=O) groups excluding carboxylic acids is 1. The number of aryl methyl sites for hydroxylation is 2. The average Bonchev–Trinajstić information content (AvgIpc) is 2.59. The molecule has 2 aromatic rings. The van der Waals surface area contributed by atoms with Gasteiger partial charge in [-0.15, -0.1) is 0 Å². The van der Waals surface area contributed by atoms with Gasteiger partial charge in [0.05, 0.1) is 0 Å². The molecule has 1 aliphatic rings. The number of nitrogens with one attached hydrogen (secondary N) is 1. The first kappa shape index (κ1) is 15.4. The molecule has 4 heteroatoms. The molecule has 4 nitrogen and oxygen atoms in total. The first-order chi connectivity index (χ1) is 11.1. The monoisotopic (exact) mass is 309 g/mol. The Bertz CT molecular complexity index is 676. The maximum absolute atomic E-state index is 12.5. The van der Waals surface area contributed by atoms with Crippen molar-refractivity contribution in [1.82, 2.24) is 4.90 Å². The molecule has 2 amide bonds. The summed E-state index contributed by atoms with van der Waals surface area (Å²) in [5.74, 6) is 0. The van der Waals surface area contributed by atoms with Crippen LogP contribution in [0.5, 0.6) is 0 Å². The molecule has 1 N–H and O–H groups in total. The fourth-order valence-corrected chi connectivity index (χ4v) is 2.87. The van der Waals surface area contributed by atoms with Crippen LogP contribution in [-0.2, 0) is 0 Å². The third kappa shape index (κ3) is 3.65. The molecule has 0 unspecified atom stereocenters. The van der Waals surface area contributed by atoms with Gasteiger partial charge in [0.2, 0.25) is 0 Å². The van der Waals surface area contributed by atoms with Crippen molar-refractivity contribution >= 4 is 17.4 Å². The number of anilines is 2. The molecule has 1 fully saturated rings. The highest BCUT2D eigenvalue weighted by Gasteiger charge is 2.21. The topological polar surface area (TPSA) is 35.6 Å². The van der Waals surface area contributed by atoms with Crippen LogP contribution >= 0.6 is 0 Å². The van der Waals surface area contributed by atoms with Crippen molar-refractivity contribution in [1.29, 1.82) is 0 Å². The fraction of sp³-hybridized carbons (Fsp3) is 0.316. The summed E-state index contributed by atoms with van der Waals surface area (Å²) in [6, 6.07) is 16.5. The lowest BCUT2D eigenvalue weighted by Gasteiger charge is -2.36. The van der Waals surface area contributed by atoms with Crippen molar-refractivity contribution < 1.29 is 4.79 Å². The number of urea groups is 1. The van der Waals surface area contributed by atoms with Crippen molar-refractivity contribution in [2.45, 2.75) is 13.8 Å². The van der Waals surface area contributed by atoms with E-state index in [0.717, 1.165) is 43.0 Å². The van der Waals surface area contributed by atoms with Gasteiger partial charge in [0.15, 0.2) is 0 Å². The Balaban J connectivity index is 1.59. The van der Waals surface area contributed by atoms with Crippen molar-refractivity contribution in [3.63, 3.8) is 0 Å². The zero-order chi connectivity index (χ0) is 16.2. The molecule has 0 spiro atoms. The molecule has 1 aliphatic heterocycles. The summed E-state index contributed by atoms with van der Waals surface area (Å²) >= 11 is 0. The molecule has 0 radical (unpaired) electrons. The smallest absolute Gasteiger partial charge is 0.321 e. The zero-order valence-corrected chi connectivity index (χ0v) is 13.7. The van der Waals surface area contributed by atoms with Gasteiger partial charge in [0.1, 0.15) is 0 Å². The highest BCUT2D eigenvalue weighted by Crippen LogP contribution is 2.19. The highest BCUT2D eigenvalue weighted by atomic mass is 16.2. The molecule has 1 saturated heterocycles. The molecule has 23 heavy (non-hydrogen) atoms. The third-order valence-electron chi connectivity index (χ3n) is 4.32. The minimum Gasteiger partial charge on any atom is -0.368 e. The van der Waals surface area contributed by atoms with E-state index in [-0.39, 0.29) is 6.03 Å². The molecular formula is C19H23N3O. The van der Waals surface area contributed by atoms with Gasteiger partial charge in [-0.05, 0) is 43.2 Å². The number of nitrogens with zero attached hydrogens (tertiary/aromatic N) is 2. The first-order valence-electron chi connectivity index (χ1n) is 8.06. The Morgan fingerprint density at radius 2 is 1.65 bits per heavy atom. The molecule has 0 aromatic heterocycles. The number of hydrogen-bond acceptors (Lipinski definition) is 2. The van der Waals surface area contributed by atoms with Crippen LogP contribution in [0.1, 0.15) is 11.1 Å². The van der Waals surface area contributed by atoms with Crippen LogP contribution in [0.3, 0.4) is 0 Å². The van der Waals surface area contributed by atoms with E-state index >= 15 is 0 Å². The quantitative estimate of drug-likeness (QED) is 0.919. The lowest BCUT2D eigenvalue weighted by Crippen LogP contribution is -2.50. The van der Waals surface area contributed by atoms with E-state index in [9.17, 15) is 4.79 Å². The van der Waals surface area contributed by atoms with E-state index in [1.165, 1.54) is 5.69 Å². The van der Waals surface area contributed by atoms with E-state index in [0.29, 0.717) is 0 Å². The van der Waals surface area contributed by atoms with Crippen LogP contribution < -0.4 is 10.2 Å². The second-order valence-electron chi connectivity index (χ2n) is 6.06. The molecule has 0 aliphatic carbocycles. The van der Waals surface area contributed by atoms with Crippen molar-refractivity contribution in [3.05, 3.63) is 59.7 Å². The molecule has 0 bridgehead atoms. The van der Waals surface area contributed by atoms with Crippen molar-refractivity contribution in [3.8, 4) is 0 Å². The second kappa shape index (κ2) is 6.73. The highest BCUT2D eigenvalue weighted by molar-refractivity contribution is 5.90. The maximum Gasteiger partial charge on any atom is 0.321 e. The van der Waals surface area contributed by atoms with Crippen LogP contribution in [0.2, 0.25) is 0 Å². The Kier molecular flexibility index (Phi) is 4.51. The van der Waals surface area contributed by atoms with Gasteiger partial charge >= 0.3 is 6.03 Å². The summed E-state index contributed by atoms with van der Waals surface area (Å²) in [7, 11) is 0. The zero-order valence-electron chi connectivity index (χ0n) is 13.7. The molecule has 0 atom stereocenters. The number of hydrogen-bond donors (Lipinski definition) is 1. The molecule has 2 aromatic carbocycles. The summed E-state index contributed by atoms with van der Waals surface area (Å²) in [4.78, 5) is 16.7. The Morgan fingerprint density at radius 3 is 2.35 bits per heavy atom. The average molecular weight is 309 g/mol. The van der Waals surface area contributed by atoms with E-state index < -0.39 is 0 Å². The SMILES string of the molecule is Cc1ccc(C)c(NC(=O)N2CCN(c3ccccc3)CC2)c1. The minimum atomic E-state index is -0.00795. The second-order valence-corrected chi connectivity index (χ2v) is 6.06. The number of piperazine rings is 1. The molecule has 1 heterocycles. The number of benzene rings is 2. The Labute approximate surface area is 137 Å². The molecule has 120 valence electrons. The van der Waals surface area contributed by atoms with Gasteiger partial charge in [-0.2, -0.15) is 0 Å². The number of para-hydroxylation sites is 1. The van der Waals surface area contributed by atoms with Gasteiger partial charge in [0, 0.05) is 37.6 Å². The summed E-state index contributed by atoms with van der Waals surface area (Å²) in [5, 5.41) is 3.04. The van der Waals surface area contributed by atoms with Crippen LogP contribution in [0.25, 0.3) is 0 Å². The van der Waals surface area contributed by atoms with Crippen molar-refractivity contribution in [2.24, 2.45) is 0 Å². The maximum atomic E-state index is 12.5. The summed E-state index contributed by atoms with van der Waals surface area (Å²) in [6.45, 7) is 7.27. The lowest BCUT2D eigenvalue weighted by molar-refractivity contribution is 0.208. The van der Waals surface area contributed by atoms with Gasteiger partial charge in [-0.1, -0.05) is 30.3 Å². The normalized spacial score (nSPS) is 14.7. The Morgan fingerprint density at radius 1 is 0.957 bits per heavy atom. The van der Waals surface area contributed by atoms with E-state index in [1.54, 1.807) is 0 Å². The van der Waals surface area contributed by atoms with Gasteiger partial charge in [-0.3, -0.25) is 0 Å². The predicted molar refractivity (Wildman–Crippen MR) is 95.2 cm³/mol. The largest absolute Gasteiger partial charge is 0.368 e. The number of carbonyl (C=O) groups is 1. The van der Waals surface area contributed by atoms with Gasteiger partial charge < -0.3 is 15.1 Å². The van der Waals surface area contributed by atoms with Crippen molar-refractivity contribution in [2.75, 3.05) is 36.4 Å². The van der Waals surface area contributed by atoms with Crippen LogP contribution in [0.15, 0.2) is 48.5 Å². The first-order valence-corrected chi connectivity index (χ1v) is 8.06.